The van der Waals surface area contributed by atoms with E-state index in [2.05, 4.69) is 24.3 Å². The molecule has 0 atom stereocenters. The molecule has 0 aromatic carbocycles. The van der Waals surface area contributed by atoms with E-state index in [-0.39, 0.29) is 0 Å². The van der Waals surface area contributed by atoms with Gasteiger partial charge in [0.25, 0.3) is 0 Å². The van der Waals surface area contributed by atoms with Crippen LogP contribution in [0.1, 0.15) is 51.4 Å². The van der Waals surface area contributed by atoms with E-state index in [4.69, 9.17) is 0 Å². The third kappa shape index (κ3) is 3.21. The zero-order chi connectivity index (χ0) is 11.4. The van der Waals surface area contributed by atoms with E-state index in [9.17, 15) is 0 Å². The van der Waals surface area contributed by atoms with Gasteiger partial charge in [-0.2, -0.15) is 0 Å². The SMILES string of the molecule is CN(C)CCNC1CCC2(CCCC2)CC1. The van der Waals surface area contributed by atoms with Gasteiger partial charge in [0, 0.05) is 19.1 Å². The first-order valence-corrected chi connectivity index (χ1v) is 7.08. The van der Waals surface area contributed by atoms with Crippen molar-refractivity contribution in [1.29, 1.82) is 0 Å². The number of hydrogen-bond acceptors (Lipinski definition) is 2. The van der Waals surface area contributed by atoms with Gasteiger partial charge in [0.2, 0.25) is 0 Å². The molecule has 0 unspecified atom stereocenters. The van der Waals surface area contributed by atoms with Crippen molar-refractivity contribution < 1.29 is 0 Å². The molecule has 2 fully saturated rings. The van der Waals surface area contributed by atoms with Crippen LogP contribution >= 0.6 is 0 Å². The van der Waals surface area contributed by atoms with Crippen molar-refractivity contribution >= 4 is 0 Å². The Morgan fingerprint density at radius 1 is 1.06 bits per heavy atom. The Hall–Kier alpha value is -0.0800. The van der Waals surface area contributed by atoms with Crippen LogP contribution in [0.5, 0.6) is 0 Å². The maximum atomic E-state index is 3.72. The second-order valence-electron chi connectivity index (χ2n) is 6.24. The van der Waals surface area contributed by atoms with Gasteiger partial charge in [-0.1, -0.05) is 12.8 Å². The van der Waals surface area contributed by atoms with E-state index in [0.29, 0.717) is 0 Å². The van der Waals surface area contributed by atoms with Gasteiger partial charge in [-0.05, 0) is 58.0 Å². The Morgan fingerprint density at radius 2 is 1.69 bits per heavy atom. The lowest BCUT2D eigenvalue weighted by Crippen LogP contribution is -2.39. The fourth-order valence-corrected chi connectivity index (χ4v) is 3.55. The van der Waals surface area contributed by atoms with Crippen LogP contribution in [0.25, 0.3) is 0 Å². The molecule has 2 aliphatic carbocycles. The molecule has 0 aliphatic heterocycles. The summed E-state index contributed by atoms with van der Waals surface area (Å²) in [5.41, 5.74) is 0.791. The van der Waals surface area contributed by atoms with Crippen LogP contribution in [-0.4, -0.2) is 38.1 Å². The Labute approximate surface area is 101 Å². The lowest BCUT2D eigenvalue weighted by Gasteiger charge is -2.37. The molecule has 2 aliphatic rings. The van der Waals surface area contributed by atoms with Crippen molar-refractivity contribution in [3.8, 4) is 0 Å². The number of likely N-dealkylation sites (N-methyl/N-ethyl adjacent to an activating group) is 1. The highest BCUT2D eigenvalue weighted by atomic mass is 15.1. The predicted octanol–water partition coefficient (Wildman–Crippen LogP) is 2.64. The maximum absolute atomic E-state index is 3.72. The number of rotatable bonds is 4. The molecule has 0 bridgehead atoms. The Bertz CT molecular complexity index is 197. The molecule has 0 saturated heterocycles. The van der Waals surface area contributed by atoms with E-state index in [1.807, 2.05) is 0 Å². The second kappa shape index (κ2) is 5.50. The van der Waals surface area contributed by atoms with Gasteiger partial charge in [-0.25, -0.2) is 0 Å². The van der Waals surface area contributed by atoms with Crippen LogP contribution in [0.15, 0.2) is 0 Å². The van der Waals surface area contributed by atoms with Gasteiger partial charge < -0.3 is 10.2 Å². The molecule has 1 spiro atoms. The average molecular weight is 224 g/mol. The Balaban J connectivity index is 1.65. The maximum Gasteiger partial charge on any atom is 0.0101 e. The van der Waals surface area contributed by atoms with Gasteiger partial charge >= 0.3 is 0 Å². The molecular formula is C14H28N2. The van der Waals surface area contributed by atoms with Crippen LogP contribution in [0, 0.1) is 5.41 Å². The summed E-state index contributed by atoms with van der Waals surface area (Å²) >= 11 is 0. The molecule has 0 heterocycles. The van der Waals surface area contributed by atoms with Crippen molar-refractivity contribution in [3.05, 3.63) is 0 Å². The van der Waals surface area contributed by atoms with Crippen LogP contribution in [0.3, 0.4) is 0 Å². The van der Waals surface area contributed by atoms with Gasteiger partial charge in [-0.15, -0.1) is 0 Å². The smallest absolute Gasteiger partial charge is 0.0101 e. The first kappa shape index (κ1) is 12.4. The molecule has 0 amide bonds. The van der Waals surface area contributed by atoms with Crippen LogP contribution < -0.4 is 5.32 Å². The second-order valence-corrected chi connectivity index (χ2v) is 6.24. The van der Waals surface area contributed by atoms with Gasteiger partial charge in [-0.3, -0.25) is 0 Å². The standard InChI is InChI=1S/C14H28N2/c1-16(2)12-11-15-13-5-9-14(10-6-13)7-3-4-8-14/h13,15H,3-12H2,1-2H3. The van der Waals surface area contributed by atoms with Crippen LogP contribution in [0.4, 0.5) is 0 Å². The van der Waals surface area contributed by atoms with Crippen molar-refractivity contribution in [1.82, 2.24) is 10.2 Å². The normalized spacial score (nSPS) is 25.7. The monoisotopic (exact) mass is 224 g/mol. The highest BCUT2D eigenvalue weighted by Gasteiger charge is 2.37. The van der Waals surface area contributed by atoms with Crippen molar-refractivity contribution in [3.63, 3.8) is 0 Å². The van der Waals surface area contributed by atoms with Crippen molar-refractivity contribution in [2.75, 3.05) is 27.2 Å². The van der Waals surface area contributed by atoms with Crippen molar-refractivity contribution in [2.45, 2.75) is 57.4 Å². The number of hydrogen-bond donors (Lipinski definition) is 1. The Morgan fingerprint density at radius 3 is 2.25 bits per heavy atom. The molecular weight excluding hydrogens is 196 g/mol. The van der Waals surface area contributed by atoms with E-state index < -0.39 is 0 Å². The summed E-state index contributed by atoms with van der Waals surface area (Å²) in [5, 5.41) is 3.72. The molecule has 0 aromatic heterocycles. The number of nitrogens with zero attached hydrogens (tertiary/aromatic N) is 1. The highest BCUT2D eigenvalue weighted by Crippen LogP contribution is 2.48. The molecule has 1 N–H and O–H groups in total. The third-order valence-corrected chi connectivity index (χ3v) is 4.70. The third-order valence-electron chi connectivity index (χ3n) is 4.70. The molecule has 0 aromatic rings. The summed E-state index contributed by atoms with van der Waals surface area (Å²) < 4.78 is 0. The largest absolute Gasteiger partial charge is 0.313 e. The van der Waals surface area contributed by atoms with Crippen molar-refractivity contribution in [2.24, 2.45) is 5.41 Å². The molecule has 2 saturated carbocycles. The van der Waals surface area contributed by atoms with Crippen LogP contribution in [0.2, 0.25) is 0 Å². The summed E-state index contributed by atoms with van der Waals surface area (Å²) in [4.78, 5) is 2.26. The number of nitrogens with one attached hydrogen (secondary N) is 1. The fraction of sp³-hybridized carbons (Fsp3) is 1.00. The zero-order valence-corrected chi connectivity index (χ0v) is 11.1. The summed E-state index contributed by atoms with van der Waals surface area (Å²) in [6.45, 7) is 2.33. The van der Waals surface area contributed by atoms with E-state index in [0.717, 1.165) is 18.0 Å². The van der Waals surface area contributed by atoms with E-state index >= 15 is 0 Å². The topological polar surface area (TPSA) is 15.3 Å². The molecule has 16 heavy (non-hydrogen) atoms. The minimum absolute atomic E-state index is 0.791. The quantitative estimate of drug-likeness (QED) is 0.790. The summed E-state index contributed by atoms with van der Waals surface area (Å²) in [7, 11) is 4.30. The Kier molecular flexibility index (Phi) is 4.26. The first-order valence-electron chi connectivity index (χ1n) is 7.08. The molecule has 2 nitrogen and oxygen atoms in total. The summed E-state index contributed by atoms with van der Waals surface area (Å²) in [6.07, 6.45) is 11.9. The predicted molar refractivity (Wildman–Crippen MR) is 69.7 cm³/mol. The lowest BCUT2D eigenvalue weighted by molar-refractivity contribution is 0.167. The molecule has 2 heteroatoms. The van der Waals surface area contributed by atoms with Crippen LogP contribution in [-0.2, 0) is 0 Å². The van der Waals surface area contributed by atoms with Gasteiger partial charge in [0.05, 0.1) is 0 Å². The van der Waals surface area contributed by atoms with Gasteiger partial charge in [0.1, 0.15) is 0 Å². The minimum atomic E-state index is 0.791. The lowest BCUT2D eigenvalue weighted by atomic mass is 9.71. The fourth-order valence-electron chi connectivity index (χ4n) is 3.55. The summed E-state index contributed by atoms with van der Waals surface area (Å²) in [5.74, 6) is 0. The molecule has 94 valence electrons. The molecule has 0 radical (unpaired) electrons. The van der Waals surface area contributed by atoms with E-state index in [1.165, 1.54) is 57.9 Å². The molecule has 2 rings (SSSR count). The zero-order valence-electron chi connectivity index (χ0n) is 11.1. The average Bonchev–Trinajstić information content (AvgIpc) is 2.70. The van der Waals surface area contributed by atoms with E-state index in [1.54, 1.807) is 0 Å². The minimum Gasteiger partial charge on any atom is -0.313 e. The summed E-state index contributed by atoms with van der Waals surface area (Å²) in [6, 6.07) is 0.811. The van der Waals surface area contributed by atoms with Gasteiger partial charge in [0.15, 0.2) is 0 Å². The first-order chi connectivity index (χ1) is 7.70. The highest BCUT2D eigenvalue weighted by molar-refractivity contribution is 4.91.